The van der Waals surface area contributed by atoms with Crippen LogP contribution in [-0.2, 0) is 23.7 Å². The van der Waals surface area contributed by atoms with Crippen molar-refractivity contribution in [2.45, 2.75) is 110 Å². The highest BCUT2D eigenvalue weighted by atomic mass is 16.7. The molecule has 1 amide bonds. The van der Waals surface area contributed by atoms with Gasteiger partial charge in [0.2, 0.25) is 0 Å². The quantitative estimate of drug-likeness (QED) is 0.0870. The summed E-state index contributed by atoms with van der Waals surface area (Å²) in [6.45, 7) is -0.319. The normalized spacial score (nSPS) is 47.0. The van der Waals surface area contributed by atoms with Crippen molar-refractivity contribution in [2.24, 2.45) is 17.2 Å². The molecule has 0 aromatic carbocycles. The number of ether oxygens (including phenoxy) is 4. The van der Waals surface area contributed by atoms with Crippen molar-refractivity contribution in [3.63, 3.8) is 0 Å². The molecule has 16 atom stereocenters. The van der Waals surface area contributed by atoms with Crippen LogP contribution >= 0.6 is 0 Å². The second-order valence-corrected chi connectivity index (χ2v) is 12.2. The average Bonchev–Trinajstić information content (AvgIpc) is 3.64. The zero-order valence-electron chi connectivity index (χ0n) is 24.8. The first kappa shape index (κ1) is 36.2. The Bertz CT molecular complexity index is 1030. The van der Waals surface area contributed by atoms with Gasteiger partial charge in [-0.3, -0.25) is 4.79 Å². The van der Waals surface area contributed by atoms with Crippen LogP contribution in [0.1, 0.15) is 12.8 Å². The molecule has 0 spiro atoms. The number of nitrogens with one attached hydrogen (secondary N) is 3. The highest BCUT2D eigenvalue weighted by molar-refractivity contribution is 5.89. The highest BCUT2D eigenvalue weighted by Crippen LogP contribution is 2.36. The predicted octanol–water partition coefficient (Wildman–Crippen LogP) is -7.74. The summed E-state index contributed by atoms with van der Waals surface area (Å²) in [6, 6.07) is -4.23. The van der Waals surface area contributed by atoms with Gasteiger partial charge in [0.25, 0.3) is 5.91 Å². The molecule has 45 heavy (non-hydrogen) atoms. The van der Waals surface area contributed by atoms with E-state index in [9.17, 15) is 40.5 Å². The van der Waals surface area contributed by atoms with Crippen molar-refractivity contribution in [3.8, 4) is 0 Å². The summed E-state index contributed by atoms with van der Waals surface area (Å²) in [5, 5.41) is 91.6. The maximum atomic E-state index is 12.9. The van der Waals surface area contributed by atoms with E-state index < -0.39 is 103 Å². The molecule has 0 aromatic rings. The minimum atomic E-state index is -1.81. The summed E-state index contributed by atoms with van der Waals surface area (Å²) >= 11 is 0. The Balaban J connectivity index is 1.52. The van der Waals surface area contributed by atoms with Crippen LogP contribution in [0.25, 0.3) is 0 Å². The number of nitrogens with two attached hydrogens (primary N) is 3. The van der Waals surface area contributed by atoms with Gasteiger partial charge in [-0.15, -0.1) is 0 Å². The van der Waals surface area contributed by atoms with Crippen LogP contribution in [0, 0.1) is 0 Å². The Morgan fingerprint density at radius 3 is 2.33 bits per heavy atom. The lowest BCUT2D eigenvalue weighted by Gasteiger charge is -2.48. The Morgan fingerprint density at radius 2 is 1.73 bits per heavy atom. The minimum absolute atomic E-state index is 0.0229. The van der Waals surface area contributed by atoms with Crippen molar-refractivity contribution in [2.75, 3.05) is 33.4 Å². The van der Waals surface area contributed by atoms with E-state index in [0.717, 1.165) is 6.26 Å². The standard InChI is InChI=1S/C26H48N6O13/c1-30-15-9(6-33)8-42-23(17(15)36)45-22-12(32-25(40)26(41)3-14(26)29)2-11(28)21(20(22)39)44-24-19(38)18(37)16(35)13(43-24)5-31-4-10(27)7-34/h6,10-24,30-31,33-39,41H,2-5,7-8,27-29H2,1H3,(H,32,40)/b9-6-/t10?,11-,12+,13+,14?,15-,16+,17+,18-,19+,20-,21?,22-,23+,24+,26?/m0/s1. The first-order valence-electron chi connectivity index (χ1n) is 14.9. The SMILES string of the molecule is CN[C@H]1/C(=C\O)CO[C@H](O[C@H]2[C@H](NC(=O)C3(O)CC3N)C[C@H](N)C(O[C@H]3O[C@H](CNCC(N)CO)[C@@H](O)[C@H](O)[C@H]3O)[C@@H]2O)[C@@H]1O. The van der Waals surface area contributed by atoms with Gasteiger partial charge in [0, 0.05) is 43.2 Å². The lowest BCUT2D eigenvalue weighted by Crippen LogP contribution is -2.69. The van der Waals surface area contributed by atoms with Crippen LogP contribution in [0.2, 0.25) is 0 Å². The van der Waals surface area contributed by atoms with Crippen molar-refractivity contribution in [1.29, 1.82) is 0 Å². The van der Waals surface area contributed by atoms with Crippen LogP contribution in [0.5, 0.6) is 0 Å². The van der Waals surface area contributed by atoms with Crippen molar-refractivity contribution in [1.82, 2.24) is 16.0 Å². The summed E-state index contributed by atoms with van der Waals surface area (Å²) in [5.41, 5.74) is 16.3. The molecule has 4 fully saturated rings. The van der Waals surface area contributed by atoms with Crippen LogP contribution in [-0.4, -0.2) is 177 Å². The Kier molecular flexibility index (Phi) is 12.1. The largest absolute Gasteiger partial charge is 0.515 e. The van der Waals surface area contributed by atoms with E-state index in [2.05, 4.69) is 16.0 Å². The van der Waals surface area contributed by atoms with E-state index in [4.69, 9.17) is 41.3 Å². The van der Waals surface area contributed by atoms with Crippen molar-refractivity contribution >= 4 is 5.91 Å². The van der Waals surface area contributed by atoms with Crippen molar-refractivity contribution < 1.29 is 64.6 Å². The topological polar surface area (TPSA) is 330 Å². The van der Waals surface area contributed by atoms with Gasteiger partial charge in [0.05, 0.1) is 31.6 Å². The Hall–Kier alpha value is -1.63. The highest BCUT2D eigenvalue weighted by Gasteiger charge is 2.59. The number of carbonyl (C=O) groups excluding carboxylic acids is 1. The fourth-order valence-electron chi connectivity index (χ4n) is 5.89. The molecule has 19 nitrogen and oxygen atoms in total. The number of carbonyl (C=O) groups is 1. The zero-order chi connectivity index (χ0) is 33.2. The molecule has 2 aliphatic carbocycles. The van der Waals surface area contributed by atoms with Gasteiger partial charge in [-0.05, 0) is 13.5 Å². The molecular formula is C26H48N6O13. The molecule has 260 valence electrons. The molecule has 19 heteroatoms. The zero-order valence-corrected chi connectivity index (χ0v) is 24.8. The van der Waals surface area contributed by atoms with Crippen LogP contribution in [0.4, 0.5) is 0 Å². The van der Waals surface area contributed by atoms with Crippen LogP contribution in [0.15, 0.2) is 11.8 Å². The van der Waals surface area contributed by atoms with E-state index in [1.807, 2.05) is 0 Å². The third kappa shape index (κ3) is 7.75. The maximum absolute atomic E-state index is 12.9. The van der Waals surface area contributed by atoms with Gasteiger partial charge >= 0.3 is 0 Å². The third-order valence-corrected chi connectivity index (χ3v) is 8.86. The lowest BCUT2D eigenvalue weighted by atomic mass is 9.83. The molecule has 2 aliphatic heterocycles. The molecule has 2 heterocycles. The number of aliphatic hydroxyl groups excluding tert-OH is 7. The predicted molar refractivity (Wildman–Crippen MR) is 152 cm³/mol. The summed E-state index contributed by atoms with van der Waals surface area (Å²) < 4.78 is 23.3. The van der Waals surface area contributed by atoms with Crippen LogP contribution < -0.4 is 33.2 Å². The fraction of sp³-hybridized carbons (Fsp3) is 0.885. The molecule has 2 saturated carbocycles. The van der Waals surface area contributed by atoms with E-state index in [1.54, 1.807) is 7.05 Å². The number of aliphatic hydroxyl groups is 8. The van der Waals surface area contributed by atoms with E-state index >= 15 is 0 Å². The van der Waals surface area contributed by atoms with Gasteiger partial charge < -0.3 is 93.0 Å². The number of hydrogen-bond donors (Lipinski definition) is 14. The van der Waals surface area contributed by atoms with E-state index in [0.29, 0.717) is 5.57 Å². The third-order valence-electron chi connectivity index (χ3n) is 8.86. The molecule has 0 aromatic heterocycles. The molecule has 0 bridgehead atoms. The van der Waals surface area contributed by atoms with E-state index in [1.165, 1.54) is 0 Å². The average molecular weight is 653 g/mol. The van der Waals surface area contributed by atoms with Gasteiger partial charge in [-0.1, -0.05) is 0 Å². The second-order valence-electron chi connectivity index (χ2n) is 12.2. The van der Waals surface area contributed by atoms with Gasteiger partial charge in [0.15, 0.2) is 18.2 Å². The molecule has 4 unspecified atom stereocenters. The number of likely N-dealkylation sites (N-methyl/N-ethyl adjacent to an activating group) is 1. The molecule has 4 aliphatic rings. The van der Waals surface area contributed by atoms with E-state index in [-0.39, 0.29) is 39.1 Å². The summed E-state index contributed by atoms with van der Waals surface area (Å²) in [7, 11) is 1.55. The summed E-state index contributed by atoms with van der Waals surface area (Å²) in [4.78, 5) is 12.9. The van der Waals surface area contributed by atoms with Crippen LogP contribution in [0.3, 0.4) is 0 Å². The Labute approximate surface area is 259 Å². The molecule has 17 N–H and O–H groups in total. The van der Waals surface area contributed by atoms with Gasteiger partial charge in [0.1, 0.15) is 48.8 Å². The maximum Gasteiger partial charge on any atom is 0.253 e. The molecule has 4 rings (SSSR count). The minimum Gasteiger partial charge on any atom is -0.515 e. The smallest absolute Gasteiger partial charge is 0.253 e. The fourth-order valence-corrected chi connectivity index (χ4v) is 5.89. The summed E-state index contributed by atoms with van der Waals surface area (Å²) in [5.74, 6) is -0.810. The first-order chi connectivity index (χ1) is 21.3. The van der Waals surface area contributed by atoms with Gasteiger partial charge in [-0.2, -0.15) is 0 Å². The van der Waals surface area contributed by atoms with Gasteiger partial charge in [-0.25, -0.2) is 0 Å². The number of rotatable bonds is 12. The molecule has 0 radical (unpaired) electrons. The molecule has 2 saturated heterocycles. The van der Waals surface area contributed by atoms with Crippen molar-refractivity contribution in [3.05, 3.63) is 11.8 Å². The monoisotopic (exact) mass is 652 g/mol. The Morgan fingerprint density at radius 1 is 1.07 bits per heavy atom. The second kappa shape index (κ2) is 15.1. The number of amides is 1. The number of hydrogen-bond acceptors (Lipinski definition) is 18. The summed E-state index contributed by atoms with van der Waals surface area (Å²) in [6.07, 6.45) is -14.1. The lowest BCUT2D eigenvalue weighted by molar-refractivity contribution is -0.326. The molecular weight excluding hydrogens is 604 g/mol. The first-order valence-corrected chi connectivity index (χ1v) is 14.9.